The van der Waals surface area contributed by atoms with Gasteiger partial charge in [0.25, 0.3) is 0 Å². The SMILES string of the molecule is C=C=CC1=C(C)C(O)CC1=O. The molecular weight excluding hydrogens is 140 g/mol. The van der Waals surface area contributed by atoms with Crippen molar-refractivity contribution in [2.75, 3.05) is 0 Å². The Labute approximate surface area is 65.5 Å². The molecule has 0 bridgehead atoms. The van der Waals surface area contributed by atoms with Gasteiger partial charge in [-0.25, -0.2) is 0 Å². The van der Waals surface area contributed by atoms with Crippen LogP contribution in [0.2, 0.25) is 0 Å². The number of hydrogen-bond acceptors (Lipinski definition) is 2. The maximum atomic E-state index is 11.1. The van der Waals surface area contributed by atoms with E-state index in [-0.39, 0.29) is 12.2 Å². The van der Waals surface area contributed by atoms with E-state index in [9.17, 15) is 9.90 Å². The zero-order valence-corrected chi connectivity index (χ0v) is 6.42. The molecule has 58 valence electrons. The van der Waals surface area contributed by atoms with Gasteiger partial charge in [0.2, 0.25) is 0 Å². The van der Waals surface area contributed by atoms with Crippen LogP contribution >= 0.6 is 0 Å². The Morgan fingerprint density at radius 2 is 2.45 bits per heavy atom. The van der Waals surface area contributed by atoms with Crippen LogP contribution in [0.15, 0.2) is 29.5 Å². The summed E-state index contributed by atoms with van der Waals surface area (Å²) >= 11 is 0. The Kier molecular flexibility index (Phi) is 2.08. The van der Waals surface area contributed by atoms with E-state index in [0.717, 1.165) is 5.57 Å². The third-order valence-electron chi connectivity index (χ3n) is 1.85. The summed E-state index contributed by atoms with van der Waals surface area (Å²) in [6.07, 6.45) is 1.13. The Morgan fingerprint density at radius 1 is 1.82 bits per heavy atom. The second-order valence-corrected chi connectivity index (χ2v) is 2.59. The molecule has 11 heavy (non-hydrogen) atoms. The first-order chi connectivity index (χ1) is 5.16. The fourth-order valence-corrected chi connectivity index (χ4v) is 1.13. The topological polar surface area (TPSA) is 37.3 Å². The molecule has 0 fully saturated rings. The third-order valence-corrected chi connectivity index (χ3v) is 1.85. The van der Waals surface area contributed by atoms with E-state index < -0.39 is 6.10 Å². The van der Waals surface area contributed by atoms with E-state index >= 15 is 0 Å². The smallest absolute Gasteiger partial charge is 0.166 e. The summed E-state index contributed by atoms with van der Waals surface area (Å²) in [5.41, 5.74) is 3.82. The average Bonchev–Trinajstić information content (AvgIpc) is 2.17. The number of Topliss-reactive ketones (excluding diaryl/α,β-unsaturated/α-hetero) is 1. The monoisotopic (exact) mass is 150 g/mol. The van der Waals surface area contributed by atoms with Crippen molar-refractivity contribution >= 4 is 5.78 Å². The number of allylic oxidation sites excluding steroid dienone is 2. The van der Waals surface area contributed by atoms with Gasteiger partial charge in [0.1, 0.15) is 0 Å². The largest absolute Gasteiger partial charge is 0.388 e. The molecule has 1 rings (SSSR count). The minimum absolute atomic E-state index is 0.0221. The molecule has 1 N–H and O–H groups in total. The van der Waals surface area contributed by atoms with Crippen molar-refractivity contribution in [1.29, 1.82) is 0 Å². The van der Waals surface area contributed by atoms with E-state index in [1.165, 1.54) is 6.08 Å². The van der Waals surface area contributed by atoms with E-state index in [1.54, 1.807) is 6.92 Å². The standard InChI is InChI=1S/C9H10O2/c1-3-4-7-6(2)8(10)5-9(7)11/h4,8,10H,1,5H2,2H3. The number of rotatable bonds is 1. The molecule has 0 aliphatic heterocycles. The van der Waals surface area contributed by atoms with Gasteiger partial charge in [-0.3, -0.25) is 4.79 Å². The van der Waals surface area contributed by atoms with Crippen molar-refractivity contribution in [3.05, 3.63) is 29.5 Å². The fourth-order valence-electron chi connectivity index (χ4n) is 1.13. The first kappa shape index (κ1) is 7.99. The van der Waals surface area contributed by atoms with Crippen LogP contribution < -0.4 is 0 Å². The van der Waals surface area contributed by atoms with E-state index in [4.69, 9.17) is 0 Å². The molecule has 2 nitrogen and oxygen atoms in total. The van der Waals surface area contributed by atoms with Crippen molar-refractivity contribution in [3.63, 3.8) is 0 Å². The molecule has 0 amide bonds. The summed E-state index contributed by atoms with van der Waals surface area (Å²) in [7, 11) is 0. The molecular formula is C9H10O2. The van der Waals surface area contributed by atoms with E-state index in [2.05, 4.69) is 12.3 Å². The fraction of sp³-hybridized carbons (Fsp3) is 0.333. The number of carbonyl (C=O) groups is 1. The number of hydrogen-bond donors (Lipinski definition) is 1. The van der Waals surface area contributed by atoms with Crippen LogP contribution in [0, 0.1) is 0 Å². The molecule has 2 heteroatoms. The molecule has 0 heterocycles. The lowest BCUT2D eigenvalue weighted by molar-refractivity contribution is -0.115. The number of carbonyl (C=O) groups excluding carboxylic acids is 1. The van der Waals surface area contributed by atoms with Crippen molar-refractivity contribution < 1.29 is 9.90 Å². The van der Waals surface area contributed by atoms with Gasteiger partial charge in [-0.15, -0.1) is 5.73 Å². The van der Waals surface area contributed by atoms with Gasteiger partial charge < -0.3 is 5.11 Å². The Balaban J connectivity index is 3.06. The highest BCUT2D eigenvalue weighted by Gasteiger charge is 2.25. The van der Waals surface area contributed by atoms with Gasteiger partial charge in [0.15, 0.2) is 5.78 Å². The molecule has 1 unspecified atom stereocenters. The Morgan fingerprint density at radius 3 is 2.82 bits per heavy atom. The van der Waals surface area contributed by atoms with Crippen LogP contribution in [0.3, 0.4) is 0 Å². The quantitative estimate of drug-likeness (QED) is 0.566. The molecule has 0 radical (unpaired) electrons. The Bertz CT molecular complexity index is 267. The lowest BCUT2D eigenvalue weighted by Gasteiger charge is -1.98. The summed E-state index contributed by atoms with van der Waals surface area (Å²) in [4.78, 5) is 11.1. The second kappa shape index (κ2) is 2.87. The van der Waals surface area contributed by atoms with Crippen LogP contribution in [0.4, 0.5) is 0 Å². The highest BCUT2D eigenvalue weighted by atomic mass is 16.3. The van der Waals surface area contributed by atoms with Gasteiger partial charge in [0, 0.05) is 12.0 Å². The first-order valence-corrected chi connectivity index (χ1v) is 3.44. The minimum Gasteiger partial charge on any atom is -0.388 e. The molecule has 0 aromatic carbocycles. The van der Waals surface area contributed by atoms with Crippen molar-refractivity contribution in [2.24, 2.45) is 0 Å². The van der Waals surface area contributed by atoms with Crippen LogP contribution in [-0.2, 0) is 4.79 Å². The molecule has 0 saturated heterocycles. The average molecular weight is 150 g/mol. The zero-order valence-electron chi connectivity index (χ0n) is 6.42. The summed E-state index contributed by atoms with van der Waals surface area (Å²) < 4.78 is 0. The van der Waals surface area contributed by atoms with E-state index in [0.29, 0.717) is 5.57 Å². The maximum Gasteiger partial charge on any atom is 0.166 e. The van der Waals surface area contributed by atoms with Crippen LogP contribution in [-0.4, -0.2) is 17.0 Å². The van der Waals surface area contributed by atoms with Crippen molar-refractivity contribution in [2.45, 2.75) is 19.4 Å². The van der Waals surface area contributed by atoms with Crippen molar-refractivity contribution in [1.82, 2.24) is 0 Å². The van der Waals surface area contributed by atoms with E-state index in [1.807, 2.05) is 0 Å². The van der Waals surface area contributed by atoms with Crippen LogP contribution in [0.1, 0.15) is 13.3 Å². The number of ketones is 1. The van der Waals surface area contributed by atoms with Gasteiger partial charge >= 0.3 is 0 Å². The molecule has 0 saturated carbocycles. The highest BCUT2D eigenvalue weighted by Crippen LogP contribution is 2.23. The molecule has 1 aliphatic rings. The van der Waals surface area contributed by atoms with Gasteiger partial charge in [-0.05, 0) is 18.6 Å². The molecule has 1 aliphatic carbocycles. The third kappa shape index (κ3) is 1.32. The lowest BCUT2D eigenvalue weighted by atomic mass is 10.1. The van der Waals surface area contributed by atoms with Gasteiger partial charge in [0.05, 0.1) is 6.10 Å². The normalized spacial score (nSPS) is 23.8. The summed E-state index contributed by atoms with van der Waals surface area (Å²) in [6.45, 7) is 5.12. The molecule has 0 spiro atoms. The lowest BCUT2D eigenvalue weighted by Crippen LogP contribution is -2.03. The summed E-state index contributed by atoms with van der Waals surface area (Å²) in [6, 6.07) is 0. The predicted molar refractivity (Wildman–Crippen MR) is 42.0 cm³/mol. The first-order valence-electron chi connectivity index (χ1n) is 3.44. The molecule has 1 atom stereocenters. The molecule has 0 aromatic rings. The van der Waals surface area contributed by atoms with Crippen LogP contribution in [0.5, 0.6) is 0 Å². The summed E-state index contributed by atoms with van der Waals surface area (Å²) in [5, 5.41) is 9.22. The highest BCUT2D eigenvalue weighted by molar-refractivity contribution is 6.01. The maximum absolute atomic E-state index is 11.1. The number of aliphatic hydroxyl groups excluding tert-OH is 1. The minimum atomic E-state index is -0.595. The second-order valence-electron chi connectivity index (χ2n) is 2.59. The zero-order chi connectivity index (χ0) is 8.43. The summed E-state index contributed by atoms with van der Waals surface area (Å²) in [5.74, 6) is -0.0221. The van der Waals surface area contributed by atoms with Gasteiger partial charge in [-0.1, -0.05) is 6.58 Å². The molecule has 0 aromatic heterocycles. The predicted octanol–water partition coefficient (Wildman–Crippen LogP) is 0.978. The Hall–Kier alpha value is -1.11. The number of aliphatic hydroxyl groups is 1. The van der Waals surface area contributed by atoms with Gasteiger partial charge in [-0.2, -0.15) is 0 Å². The van der Waals surface area contributed by atoms with Crippen molar-refractivity contribution in [3.8, 4) is 0 Å². The van der Waals surface area contributed by atoms with Crippen LogP contribution in [0.25, 0.3) is 0 Å².